The van der Waals surface area contributed by atoms with Gasteiger partial charge in [-0.25, -0.2) is 0 Å². The highest BCUT2D eigenvalue weighted by Crippen LogP contribution is 2.18. The molecule has 0 saturated heterocycles. The first-order valence-electron chi connectivity index (χ1n) is 11.7. The first-order chi connectivity index (χ1) is 16.5. The van der Waals surface area contributed by atoms with Gasteiger partial charge in [0, 0.05) is 19.0 Å². The van der Waals surface area contributed by atoms with Gasteiger partial charge in [0.2, 0.25) is 0 Å². The second kappa shape index (κ2) is 13.7. The van der Waals surface area contributed by atoms with Crippen LogP contribution in [-0.4, -0.2) is 65.0 Å². The van der Waals surface area contributed by atoms with E-state index in [1.165, 1.54) is 0 Å². The lowest BCUT2D eigenvalue weighted by atomic mass is 10.0. The molecule has 0 heterocycles. The fourth-order valence-electron chi connectivity index (χ4n) is 3.89. The molecule has 6 nitrogen and oxygen atoms in total. The van der Waals surface area contributed by atoms with E-state index in [-0.39, 0.29) is 32.4 Å². The van der Waals surface area contributed by atoms with Crippen molar-refractivity contribution in [3.05, 3.63) is 96.1 Å². The molecular weight excluding hydrogens is 430 g/mol. The van der Waals surface area contributed by atoms with Gasteiger partial charge in [-0.05, 0) is 48.7 Å². The smallest absolute Gasteiger partial charge is 0.119 e. The van der Waals surface area contributed by atoms with Crippen molar-refractivity contribution in [3.63, 3.8) is 0 Å². The van der Waals surface area contributed by atoms with Crippen molar-refractivity contribution >= 4 is 0 Å². The lowest BCUT2D eigenvalue weighted by Crippen LogP contribution is -2.48. The average Bonchev–Trinajstić information content (AvgIpc) is 2.86. The molecule has 0 aliphatic heterocycles. The van der Waals surface area contributed by atoms with E-state index in [1.54, 1.807) is 0 Å². The fraction of sp³-hybridized carbons (Fsp3) is 0.357. The highest BCUT2D eigenvalue weighted by molar-refractivity contribution is 5.28. The van der Waals surface area contributed by atoms with Crippen molar-refractivity contribution < 1.29 is 24.8 Å². The number of para-hydroxylation sites is 1. The maximum Gasteiger partial charge on any atom is 0.119 e. The Morgan fingerprint density at radius 3 is 1.97 bits per heavy atom. The zero-order valence-electron chi connectivity index (χ0n) is 19.7. The summed E-state index contributed by atoms with van der Waals surface area (Å²) in [6.45, 7) is 2.71. The number of aliphatic hydroxyl groups excluding tert-OH is 3. The lowest BCUT2D eigenvalue weighted by Gasteiger charge is -2.35. The van der Waals surface area contributed by atoms with Crippen LogP contribution in [0.4, 0.5) is 0 Å². The van der Waals surface area contributed by atoms with Gasteiger partial charge in [0.15, 0.2) is 0 Å². The number of rotatable bonds is 14. The second-order valence-electron chi connectivity index (χ2n) is 8.41. The normalized spacial score (nSPS) is 13.9. The number of ether oxygens (including phenoxy) is 2. The Morgan fingerprint density at radius 2 is 1.32 bits per heavy atom. The molecule has 6 heteroatoms. The molecule has 3 aromatic rings. The highest BCUT2D eigenvalue weighted by atomic mass is 16.5. The van der Waals surface area contributed by atoms with Crippen molar-refractivity contribution in [2.75, 3.05) is 26.4 Å². The summed E-state index contributed by atoms with van der Waals surface area (Å²) in [4.78, 5) is 1.93. The Bertz CT molecular complexity index is 936. The topological polar surface area (TPSA) is 82.4 Å². The molecule has 3 atom stereocenters. The van der Waals surface area contributed by atoms with Crippen LogP contribution in [0, 0.1) is 0 Å². The first kappa shape index (κ1) is 25.7. The number of hydrogen-bond donors (Lipinski definition) is 3. The van der Waals surface area contributed by atoms with Crippen LogP contribution in [0.1, 0.15) is 18.1 Å². The molecular formula is C28H35NO5. The van der Waals surface area contributed by atoms with Gasteiger partial charge < -0.3 is 24.8 Å². The van der Waals surface area contributed by atoms with Crippen molar-refractivity contribution in [1.29, 1.82) is 0 Å². The summed E-state index contributed by atoms with van der Waals surface area (Å²) in [6.07, 6.45) is -0.359. The van der Waals surface area contributed by atoms with Crippen LogP contribution in [0.25, 0.3) is 0 Å². The molecule has 0 fully saturated rings. The largest absolute Gasteiger partial charge is 0.491 e. The van der Waals surface area contributed by atoms with Gasteiger partial charge in [-0.1, -0.05) is 60.7 Å². The van der Waals surface area contributed by atoms with E-state index >= 15 is 0 Å². The van der Waals surface area contributed by atoms with Gasteiger partial charge in [-0.3, -0.25) is 4.90 Å². The van der Waals surface area contributed by atoms with Crippen molar-refractivity contribution in [3.8, 4) is 11.5 Å². The minimum atomic E-state index is -0.762. The zero-order chi connectivity index (χ0) is 24.2. The maximum atomic E-state index is 11.1. The van der Waals surface area contributed by atoms with E-state index in [2.05, 4.69) is 6.92 Å². The van der Waals surface area contributed by atoms with Crippen LogP contribution in [0.15, 0.2) is 84.9 Å². The maximum absolute atomic E-state index is 11.1. The minimum Gasteiger partial charge on any atom is -0.491 e. The molecule has 0 bridgehead atoms. The van der Waals surface area contributed by atoms with E-state index in [9.17, 15) is 10.2 Å². The summed E-state index contributed by atoms with van der Waals surface area (Å²) in [5.74, 6) is 1.41. The first-order valence-corrected chi connectivity index (χ1v) is 11.7. The molecule has 0 aliphatic rings. The Hall–Kier alpha value is -2.90. The minimum absolute atomic E-state index is 0.0244. The van der Waals surface area contributed by atoms with Gasteiger partial charge in [-0.15, -0.1) is 0 Å². The quantitative estimate of drug-likeness (QED) is 0.317. The summed E-state index contributed by atoms with van der Waals surface area (Å²) in [5, 5.41) is 30.7. The molecule has 0 unspecified atom stereocenters. The van der Waals surface area contributed by atoms with E-state index < -0.39 is 12.3 Å². The van der Waals surface area contributed by atoms with E-state index in [1.807, 2.05) is 89.8 Å². The molecule has 3 rings (SSSR count). The number of hydrogen-bond acceptors (Lipinski definition) is 6. The lowest BCUT2D eigenvalue weighted by molar-refractivity contribution is -0.0506. The molecule has 182 valence electrons. The Balaban J connectivity index is 1.65. The molecule has 0 aliphatic carbocycles. The molecule has 0 radical (unpaired) electrons. The van der Waals surface area contributed by atoms with Crippen LogP contribution in [0.3, 0.4) is 0 Å². The SMILES string of the molecule is C[C@H](Cc1ccc(OCCO)cc1)N(C[C@H](O)COc1ccccc1)[C@H](O)Cc1ccccc1. The van der Waals surface area contributed by atoms with Crippen LogP contribution < -0.4 is 9.47 Å². The van der Waals surface area contributed by atoms with Gasteiger partial charge in [0.25, 0.3) is 0 Å². The second-order valence-corrected chi connectivity index (χ2v) is 8.41. The molecule has 0 amide bonds. The monoisotopic (exact) mass is 465 g/mol. The molecule has 3 aromatic carbocycles. The predicted molar refractivity (Wildman–Crippen MR) is 133 cm³/mol. The summed E-state index contributed by atoms with van der Waals surface area (Å²) >= 11 is 0. The van der Waals surface area contributed by atoms with Crippen molar-refractivity contribution in [2.45, 2.75) is 38.1 Å². The predicted octanol–water partition coefficient (Wildman–Crippen LogP) is 3.29. The summed E-state index contributed by atoms with van der Waals surface area (Å²) in [5.41, 5.74) is 2.13. The number of nitrogens with zero attached hydrogens (tertiary/aromatic N) is 1. The van der Waals surface area contributed by atoms with E-state index in [4.69, 9.17) is 14.6 Å². The third-order valence-electron chi connectivity index (χ3n) is 5.63. The standard InChI is InChI=1S/C28H35NO5/c1-22(18-24-12-14-27(15-13-24)33-17-16-30)29(28(32)19-23-8-4-2-5-9-23)20-25(31)21-34-26-10-6-3-7-11-26/h2-15,22,25,28,30-32H,16-21H2,1H3/t22-,25+,28-/m1/s1. The summed E-state index contributed by atoms with van der Waals surface area (Å²) in [6, 6.07) is 26.9. The third-order valence-corrected chi connectivity index (χ3v) is 5.63. The van der Waals surface area contributed by atoms with Crippen molar-refractivity contribution in [1.82, 2.24) is 4.90 Å². The van der Waals surface area contributed by atoms with Crippen LogP contribution in [0.5, 0.6) is 11.5 Å². The Labute approximate surface area is 202 Å². The molecule has 0 aromatic heterocycles. The van der Waals surface area contributed by atoms with Gasteiger partial charge in [0.05, 0.1) is 6.61 Å². The Morgan fingerprint density at radius 1 is 0.735 bits per heavy atom. The Kier molecular flexibility index (Phi) is 10.4. The molecule has 3 N–H and O–H groups in total. The van der Waals surface area contributed by atoms with Crippen LogP contribution >= 0.6 is 0 Å². The van der Waals surface area contributed by atoms with E-state index in [0.29, 0.717) is 24.3 Å². The fourth-order valence-corrected chi connectivity index (χ4v) is 3.89. The average molecular weight is 466 g/mol. The van der Waals surface area contributed by atoms with Crippen LogP contribution in [-0.2, 0) is 12.8 Å². The van der Waals surface area contributed by atoms with Gasteiger partial charge >= 0.3 is 0 Å². The van der Waals surface area contributed by atoms with Gasteiger partial charge in [0.1, 0.15) is 37.0 Å². The number of aliphatic hydroxyl groups is 3. The van der Waals surface area contributed by atoms with Gasteiger partial charge in [-0.2, -0.15) is 0 Å². The van der Waals surface area contributed by atoms with Crippen LogP contribution in [0.2, 0.25) is 0 Å². The zero-order valence-corrected chi connectivity index (χ0v) is 19.7. The molecule has 0 saturated carbocycles. The summed E-state index contributed by atoms with van der Waals surface area (Å²) in [7, 11) is 0. The summed E-state index contributed by atoms with van der Waals surface area (Å²) < 4.78 is 11.2. The molecule has 0 spiro atoms. The molecule has 34 heavy (non-hydrogen) atoms. The van der Waals surface area contributed by atoms with Crippen molar-refractivity contribution in [2.24, 2.45) is 0 Å². The van der Waals surface area contributed by atoms with E-state index in [0.717, 1.165) is 11.1 Å². The third kappa shape index (κ3) is 8.47. The highest BCUT2D eigenvalue weighted by Gasteiger charge is 2.25. The number of benzene rings is 3.